The topological polar surface area (TPSA) is 86.8 Å². The zero-order valence-corrected chi connectivity index (χ0v) is 22.2. The van der Waals surface area contributed by atoms with Crippen molar-refractivity contribution in [3.8, 4) is 5.75 Å². The van der Waals surface area contributed by atoms with Gasteiger partial charge in [-0.1, -0.05) is 54.6 Å². The van der Waals surface area contributed by atoms with Gasteiger partial charge < -0.3 is 19.5 Å². The van der Waals surface area contributed by atoms with Gasteiger partial charge in [-0.05, 0) is 54.0 Å². The van der Waals surface area contributed by atoms with E-state index in [9.17, 15) is 9.59 Å². The molecule has 196 valence electrons. The number of nitrogens with zero attached hydrogens (tertiary/aromatic N) is 1. The summed E-state index contributed by atoms with van der Waals surface area (Å²) in [6, 6.07) is 25.3. The smallest absolute Gasteiger partial charge is 0.310 e. The van der Waals surface area contributed by atoms with Crippen LogP contribution in [0.5, 0.6) is 5.75 Å². The number of ether oxygens (including phenoxy) is 3. The zero-order chi connectivity index (χ0) is 26.7. The van der Waals surface area contributed by atoms with Gasteiger partial charge in [0.05, 0.1) is 23.2 Å². The summed E-state index contributed by atoms with van der Waals surface area (Å²) in [4.78, 5) is 29.5. The molecule has 4 rings (SSSR count). The summed E-state index contributed by atoms with van der Waals surface area (Å²) in [5, 5.41) is 3.45. The third-order valence-corrected chi connectivity index (χ3v) is 6.67. The molecule has 1 aromatic heterocycles. The summed E-state index contributed by atoms with van der Waals surface area (Å²) < 4.78 is 17.2. The monoisotopic (exact) mass is 530 g/mol. The van der Waals surface area contributed by atoms with Gasteiger partial charge in [-0.3, -0.25) is 9.59 Å². The molecule has 1 unspecified atom stereocenters. The van der Waals surface area contributed by atoms with Gasteiger partial charge in [-0.25, -0.2) is 4.98 Å². The minimum absolute atomic E-state index is 0.0208. The van der Waals surface area contributed by atoms with Crippen molar-refractivity contribution in [3.63, 3.8) is 0 Å². The van der Waals surface area contributed by atoms with E-state index in [1.807, 2.05) is 91.9 Å². The lowest BCUT2D eigenvalue weighted by molar-refractivity contribution is -0.147. The number of methoxy groups -OCH3 is 1. The van der Waals surface area contributed by atoms with Crippen LogP contribution >= 0.6 is 11.3 Å². The molecule has 7 nitrogen and oxygen atoms in total. The van der Waals surface area contributed by atoms with Crippen molar-refractivity contribution in [2.45, 2.75) is 26.0 Å². The van der Waals surface area contributed by atoms with E-state index in [4.69, 9.17) is 19.2 Å². The predicted molar refractivity (Wildman–Crippen MR) is 150 cm³/mol. The minimum Gasteiger partial charge on any atom is -0.489 e. The number of thiazole rings is 1. The number of carbonyl (C=O) groups excluding carboxylic acids is 2. The van der Waals surface area contributed by atoms with Crippen LogP contribution in [0.2, 0.25) is 0 Å². The molecule has 0 fully saturated rings. The number of amides is 1. The number of aromatic nitrogens is 1. The third kappa shape index (κ3) is 7.99. The lowest BCUT2D eigenvalue weighted by atomic mass is 10.1. The number of nitrogens with one attached hydrogen (secondary N) is 1. The normalized spacial score (nSPS) is 12.2. The van der Waals surface area contributed by atoms with Crippen molar-refractivity contribution in [2.24, 2.45) is 0 Å². The second kappa shape index (κ2) is 13.5. The summed E-state index contributed by atoms with van der Waals surface area (Å²) >= 11 is 1.51. The molecular weight excluding hydrogens is 500 g/mol. The lowest BCUT2D eigenvalue weighted by Crippen LogP contribution is -2.38. The van der Waals surface area contributed by atoms with Crippen molar-refractivity contribution < 1.29 is 23.8 Å². The van der Waals surface area contributed by atoms with Gasteiger partial charge in [-0.15, -0.1) is 11.3 Å². The summed E-state index contributed by atoms with van der Waals surface area (Å²) in [6.07, 6.45) is 1.90. The van der Waals surface area contributed by atoms with Crippen molar-refractivity contribution in [3.05, 3.63) is 95.0 Å². The quantitative estimate of drug-likeness (QED) is 0.244. The SMILES string of the molecule is COCC(C)NC(=O)COC(=O)C/C(=C/c1ccc(OCc2ccccc2)cc1)c1nc2ccccc2s1. The van der Waals surface area contributed by atoms with Gasteiger partial charge in [0.25, 0.3) is 5.91 Å². The van der Waals surface area contributed by atoms with Crippen LogP contribution in [-0.2, 0) is 25.7 Å². The average Bonchev–Trinajstić information content (AvgIpc) is 3.36. The first kappa shape index (κ1) is 27.0. The van der Waals surface area contributed by atoms with Crippen LogP contribution in [0.25, 0.3) is 21.9 Å². The Balaban J connectivity index is 1.46. The Hall–Kier alpha value is -4.01. The van der Waals surface area contributed by atoms with E-state index in [1.54, 1.807) is 7.11 Å². The molecule has 4 aromatic rings. The molecular formula is C30H30N2O5S. The fourth-order valence-corrected chi connectivity index (χ4v) is 4.74. The molecule has 3 aromatic carbocycles. The summed E-state index contributed by atoms with van der Waals surface area (Å²) in [7, 11) is 1.56. The van der Waals surface area contributed by atoms with Crippen LogP contribution in [0.1, 0.15) is 29.5 Å². The Kier molecular flexibility index (Phi) is 9.61. The molecule has 1 amide bonds. The first-order valence-electron chi connectivity index (χ1n) is 12.3. The van der Waals surface area contributed by atoms with Gasteiger partial charge in [0.1, 0.15) is 17.4 Å². The molecule has 8 heteroatoms. The summed E-state index contributed by atoms with van der Waals surface area (Å²) in [5.41, 5.74) is 3.56. The van der Waals surface area contributed by atoms with Crippen LogP contribution in [0.4, 0.5) is 0 Å². The number of hydrogen-bond acceptors (Lipinski definition) is 7. The Bertz CT molecular complexity index is 1350. The number of fused-ring (bicyclic) bond motifs is 1. The van der Waals surface area contributed by atoms with Gasteiger partial charge >= 0.3 is 5.97 Å². The summed E-state index contributed by atoms with van der Waals surface area (Å²) in [6.45, 7) is 2.32. The van der Waals surface area contributed by atoms with Gasteiger partial charge in [0.15, 0.2) is 6.61 Å². The van der Waals surface area contributed by atoms with E-state index in [2.05, 4.69) is 5.32 Å². The van der Waals surface area contributed by atoms with E-state index in [0.29, 0.717) is 18.8 Å². The van der Waals surface area contributed by atoms with Crippen molar-refractivity contribution in [2.75, 3.05) is 20.3 Å². The van der Waals surface area contributed by atoms with Crippen molar-refractivity contribution in [1.29, 1.82) is 0 Å². The summed E-state index contributed by atoms with van der Waals surface area (Å²) in [5.74, 6) is -0.131. The molecule has 0 aliphatic carbocycles. The Morgan fingerprint density at radius 1 is 1.00 bits per heavy atom. The highest BCUT2D eigenvalue weighted by atomic mass is 32.1. The van der Waals surface area contributed by atoms with Gasteiger partial charge in [-0.2, -0.15) is 0 Å². The standard InChI is InChI=1S/C30H30N2O5S/c1-21(18-35-2)31-28(33)20-37-29(34)17-24(30-32-26-10-6-7-11-27(26)38-30)16-22-12-14-25(15-13-22)36-19-23-8-4-3-5-9-23/h3-16,21H,17-20H2,1-2H3,(H,31,33)/b24-16-. The first-order chi connectivity index (χ1) is 18.5. The number of carbonyl (C=O) groups is 2. The Labute approximate surface area is 226 Å². The maximum absolute atomic E-state index is 12.7. The van der Waals surface area contributed by atoms with Gasteiger partial charge in [0, 0.05) is 13.2 Å². The molecule has 0 saturated carbocycles. The second-order valence-corrected chi connectivity index (χ2v) is 9.79. The third-order valence-electron chi connectivity index (χ3n) is 5.56. The Morgan fingerprint density at radius 3 is 2.47 bits per heavy atom. The number of benzene rings is 3. The van der Waals surface area contributed by atoms with Crippen molar-refractivity contribution in [1.82, 2.24) is 10.3 Å². The van der Waals surface area contributed by atoms with E-state index < -0.39 is 5.97 Å². The van der Waals surface area contributed by atoms with Crippen molar-refractivity contribution >= 4 is 45.1 Å². The molecule has 1 heterocycles. The van der Waals surface area contributed by atoms with Crippen LogP contribution in [0, 0.1) is 0 Å². The Morgan fingerprint density at radius 2 is 1.74 bits per heavy atom. The number of hydrogen-bond donors (Lipinski definition) is 1. The lowest BCUT2D eigenvalue weighted by Gasteiger charge is -2.13. The molecule has 0 radical (unpaired) electrons. The number of rotatable bonds is 12. The van der Waals surface area contributed by atoms with Crippen LogP contribution in [0.15, 0.2) is 78.9 Å². The average molecular weight is 531 g/mol. The van der Waals surface area contributed by atoms with E-state index in [0.717, 1.165) is 32.1 Å². The molecule has 1 N–H and O–H groups in total. The molecule has 0 aliphatic heterocycles. The zero-order valence-electron chi connectivity index (χ0n) is 21.4. The van der Waals surface area contributed by atoms with E-state index in [-0.39, 0.29) is 25.0 Å². The first-order valence-corrected chi connectivity index (χ1v) is 13.1. The molecule has 0 bridgehead atoms. The maximum Gasteiger partial charge on any atom is 0.310 e. The molecule has 1 atom stereocenters. The highest BCUT2D eigenvalue weighted by Crippen LogP contribution is 2.31. The van der Waals surface area contributed by atoms with E-state index in [1.165, 1.54) is 11.3 Å². The fraction of sp³-hybridized carbons (Fsp3) is 0.233. The highest BCUT2D eigenvalue weighted by molar-refractivity contribution is 7.19. The predicted octanol–water partition coefficient (Wildman–Crippen LogP) is 5.50. The van der Waals surface area contributed by atoms with E-state index >= 15 is 0 Å². The number of esters is 1. The minimum atomic E-state index is -0.507. The van der Waals surface area contributed by atoms with Crippen LogP contribution in [0.3, 0.4) is 0 Å². The fourth-order valence-electron chi connectivity index (χ4n) is 3.76. The largest absolute Gasteiger partial charge is 0.489 e. The van der Waals surface area contributed by atoms with Gasteiger partial charge in [0.2, 0.25) is 0 Å². The molecule has 0 aliphatic rings. The maximum atomic E-state index is 12.7. The van der Waals surface area contributed by atoms with Crippen LogP contribution in [-0.4, -0.2) is 43.2 Å². The molecule has 38 heavy (non-hydrogen) atoms. The number of para-hydroxylation sites is 1. The molecule has 0 spiro atoms. The molecule has 0 saturated heterocycles. The van der Waals surface area contributed by atoms with Crippen LogP contribution < -0.4 is 10.1 Å². The second-order valence-electron chi connectivity index (χ2n) is 8.76. The highest BCUT2D eigenvalue weighted by Gasteiger charge is 2.16.